The number of hydrogen-bond donors (Lipinski definition) is 1. The summed E-state index contributed by atoms with van der Waals surface area (Å²) in [5.74, 6) is 0.0275. The summed E-state index contributed by atoms with van der Waals surface area (Å²) in [4.78, 5) is 12.2. The van der Waals surface area contributed by atoms with E-state index >= 15 is 0 Å². The van der Waals surface area contributed by atoms with Gasteiger partial charge in [-0.3, -0.25) is 4.79 Å². The lowest BCUT2D eigenvalue weighted by molar-refractivity contribution is 0.0938. The van der Waals surface area contributed by atoms with Crippen LogP contribution in [0.3, 0.4) is 0 Å². The van der Waals surface area contributed by atoms with Crippen molar-refractivity contribution in [2.75, 3.05) is 0 Å². The smallest absolute Gasteiger partial charge is 0.251 e. The van der Waals surface area contributed by atoms with Gasteiger partial charge in [0.25, 0.3) is 5.91 Å². The normalized spacial score (nSPS) is 12.3. The summed E-state index contributed by atoms with van der Waals surface area (Å²) in [6.07, 6.45) is 4.67. The van der Waals surface area contributed by atoms with E-state index in [2.05, 4.69) is 25.2 Å². The van der Waals surface area contributed by atoms with Crippen molar-refractivity contribution in [3.05, 3.63) is 48.0 Å². The molecule has 20 heavy (non-hydrogen) atoms. The molecule has 2 aromatic rings. The molecule has 106 valence electrons. The predicted molar refractivity (Wildman–Crippen MR) is 85.0 cm³/mol. The number of fused-ring (bicyclic) bond motifs is 1. The van der Waals surface area contributed by atoms with Crippen molar-refractivity contribution in [3.8, 4) is 0 Å². The Bertz CT molecular complexity index is 576. The molecule has 1 unspecified atom stereocenters. The standard InChI is InChI=1S/C18H23NO/c1-3-4-5-8-14(2)19-18(20)17-12-11-15-9-6-7-10-16(15)13-17/h6-7,9-14H,3-5,8H2,1-2H3,(H,19,20). The molecule has 0 aliphatic carbocycles. The van der Waals surface area contributed by atoms with Gasteiger partial charge in [0.1, 0.15) is 0 Å². The van der Waals surface area contributed by atoms with Crippen LogP contribution in [0.4, 0.5) is 0 Å². The number of nitrogens with one attached hydrogen (secondary N) is 1. The highest BCUT2D eigenvalue weighted by Gasteiger charge is 2.09. The molecule has 2 nitrogen and oxygen atoms in total. The largest absolute Gasteiger partial charge is 0.350 e. The monoisotopic (exact) mass is 269 g/mol. The number of amides is 1. The van der Waals surface area contributed by atoms with E-state index in [1.807, 2.05) is 36.4 Å². The third-order valence-electron chi connectivity index (χ3n) is 3.63. The van der Waals surface area contributed by atoms with Gasteiger partial charge < -0.3 is 5.32 Å². The van der Waals surface area contributed by atoms with Crippen LogP contribution in [0.2, 0.25) is 0 Å². The van der Waals surface area contributed by atoms with Gasteiger partial charge >= 0.3 is 0 Å². The minimum absolute atomic E-state index is 0.0275. The van der Waals surface area contributed by atoms with Crippen LogP contribution in [-0.4, -0.2) is 11.9 Å². The molecule has 0 heterocycles. The minimum atomic E-state index is 0.0275. The number of carbonyl (C=O) groups is 1. The average Bonchev–Trinajstić information content (AvgIpc) is 2.47. The molecule has 1 N–H and O–H groups in total. The molecule has 2 rings (SSSR count). The molecule has 2 aromatic carbocycles. The Kier molecular flexibility index (Phi) is 5.16. The second-order valence-electron chi connectivity index (χ2n) is 5.43. The average molecular weight is 269 g/mol. The van der Waals surface area contributed by atoms with Crippen LogP contribution in [0.25, 0.3) is 10.8 Å². The Labute approximate surface area is 121 Å². The summed E-state index contributed by atoms with van der Waals surface area (Å²) in [7, 11) is 0. The summed E-state index contributed by atoms with van der Waals surface area (Å²) < 4.78 is 0. The molecule has 0 aliphatic rings. The molecule has 0 aromatic heterocycles. The van der Waals surface area contributed by atoms with Crippen molar-refractivity contribution in [3.63, 3.8) is 0 Å². The van der Waals surface area contributed by atoms with Crippen molar-refractivity contribution >= 4 is 16.7 Å². The van der Waals surface area contributed by atoms with Crippen LogP contribution < -0.4 is 5.32 Å². The molecule has 0 saturated carbocycles. The molecular formula is C18H23NO. The number of benzene rings is 2. The number of hydrogen-bond acceptors (Lipinski definition) is 1. The highest BCUT2D eigenvalue weighted by molar-refractivity contribution is 5.98. The highest BCUT2D eigenvalue weighted by Crippen LogP contribution is 2.15. The summed E-state index contributed by atoms with van der Waals surface area (Å²) in [5.41, 5.74) is 0.742. The molecule has 0 bridgehead atoms. The Balaban J connectivity index is 2.00. The van der Waals surface area contributed by atoms with Gasteiger partial charge in [0.2, 0.25) is 0 Å². The maximum atomic E-state index is 12.2. The number of carbonyl (C=O) groups excluding carboxylic acids is 1. The van der Waals surface area contributed by atoms with Gasteiger partial charge in [-0.05, 0) is 36.2 Å². The molecule has 0 spiro atoms. The van der Waals surface area contributed by atoms with Crippen molar-refractivity contribution in [2.24, 2.45) is 0 Å². The SMILES string of the molecule is CCCCCC(C)NC(=O)c1ccc2ccccc2c1. The molecule has 0 aliphatic heterocycles. The van der Waals surface area contributed by atoms with E-state index in [1.165, 1.54) is 24.6 Å². The number of unbranched alkanes of at least 4 members (excludes halogenated alkanes) is 2. The first-order valence-corrected chi connectivity index (χ1v) is 7.50. The van der Waals surface area contributed by atoms with Crippen LogP contribution in [0, 0.1) is 0 Å². The Morgan fingerprint density at radius 2 is 1.85 bits per heavy atom. The van der Waals surface area contributed by atoms with E-state index in [4.69, 9.17) is 0 Å². The second kappa shape index (κ2) is 7.09. The van der Waals surface area contributed by atoms with Crippen LogP contribution in [0.1, 0.15) is 49.9 Å². The first-order valence-electron chi connectivity index (χ1n) is 7.50. The summed E-state index contributed by atoms with van der Waals surface area (Å²) in [6, 6.07) is 14.2. The summed E-state index contributed by atoms with van der Waals surface area (Å²) in [6.45, 7) is 4.27. The van der Waals surface area contributed by atoms with E-state index < -0.39 is 0 Å². The van der Waals surface area contributed by atoms with Crippen molar-refractivity contribution in [2.45, 2.75) is 45.6 Å². The van der Waals surface area contributed by atoms with E-state index in [9.17, 15) is 4.79 Å². The van der Waals surface area contributed by atoms with E-state index in [1.54, 1.807) is 0 Å². The Hall–Kier alpha value is -1.83. The molecular weight excluding hydrogens is 246 g/mol. The molecule has 1 amide bonds. The fraction of sp³-hybridized carbons (Fsp3) is 0.389. The lowest BCUT2D eigenvalue weighted by Gasteiger charge is -2.14. The summed E-state index contributed by atoms with van der Waals surface area (Å²) in [5, 5.41) is 5.36. The predicted octanol–water partition coefficient (Wildman–Crippen LogP) is 4.54. The molecule has 0 fully saturated rings. The highest BCUT2D eigenvalue weighted by atomic mass is 16.1. The fourth-order valence-corrected chi connectivity index (χ4v) is 2.41. The van der Waals surface area contributed by atoms with Gasteiger partial charge in [-0.15, -0.1) is 0 Å². The number of rotatable bonds is 6. The first kappa shape index (κ1) is 14.6. The quantitative estimate of drug-likeness (QED) is 0.766. The van der Waals surface area contributed by atoms with Gasteiger partial charge in [-0.2, -0.15) is 0 Å². The van der Waals surface area contributed by atoms with E-state index in [-0.39, 0.29) is 11.9 Å². The third kappa shape index (κ3) is 3.83. The fourth-order valence-electron chi connectivity index (χ4n) is 2.41. The third-order valence-corrected chi connectivity index (χ3v) is 3.63. The van der Waals surface area contributed by atoms with Gasteiger partial charge in [0.05, 0.1) is 0 Å². The lowest BCUT2D eigenvalue weighted by Crippen LogP contribution is -2.32. The van der Waals surface area contributed by atoms with E-state index in [0.717, 1.165) is 17.4 Å². The Morgan fingerprint density at radius 1 is 1.10 bits per heavy atom. The van der Waals surface area contributed by atoms with Crippen molar-refractivity contribution in [1.29, 1.82) is 0 Å². The Morgan fingerprint density at radius 3 is 2.60 bits per heavy atom. The zero-order valence-corrected chi connectivity index (χ0v) is 12.4. The van der Waals surface area contributed by atoms with Crippen LogP contribution in [-0.2, 0) is 0 Å². The zero-order valence-electron chi connectivity index (χ0n) is 12.4. The summed E-state index contributed by atoms with van der Waals surface area (Å²) >= 11 is 0. The maximum absolute atomic E-state index is 12.2. The van der Waals surface area contributed by atoms with Crippen LogP contribution >= 0.6 is 0 Å². The van der Waals surface area contributed by atoms with E-state index in [0.29, 0.717) is 0 Å². The molecule has 0 saturated heterocycles. The molecule has 0 radical (unpaired) electrons. The van der Waals surface area contributed by atoms with Crippen molar-refractivity contribution in [1.82, 2.24) is 5.32 Å². The van der Waals surface area contributed by atoms with Gasteiger partial charge in [-0.1, -0.05) is 56.5 Å². The zero-order chi connectivity index (χ0) is 14.4. The lowest BCUT2D eigenvalue weighted by atomic mass is 10.1. The van der Waals surface area contributed by atoms with Gasteiger partial charge in [0, 0.05) is 11.6 Å². The van der Waals surface area contributed by atoms with Gasteiger partial charge in [-0.25, -0.2) is 0 Å². The molecule has 2 heteroatoms. The topological polar surface area (TPSA) is 29.1 Å². The van der Waals surface area contributed by atoms with Crippen LogP contribution in [0.15, 0.2) is 42.5 Å². The first-order chi connectivity index (χ1) is 9.70. The minimum Gasteiger partial charge on any atom is -0.350 e. The maximum Gasteiger partial charge on any atom is 0.251 e. The van der Waals surface area contributed by atoms with Crippen LogP contribution in [0.5, 0.6) is 0 Å². The van der Waals surface area contributed by atoms with Crippen molar-refractivity contribution < 1.29 is 4.79 Å². The second-order valence-corrected chi connectivity index (χ2v) is 5.43. The van der Waals surface area contributed by atoms with Gasteiger partial charge in [0.15, 0.2) is 0 Å². The molecule has 1 atom stereocenters.